The minimum Gasteiger partial charge on any atom is -0.359 e. The first-order chi connectivity index (χ1) is 19.2. The summed E-state index contributed by atoms with van der Waals surface area (Å²) in [6, 6.07) is 2.79. The van der Waals surface area contributed by atoms with Crippen LogP contribution in [-0.2, 0) is 9.84 Å². The van der Waals surface area contributed by atoms with Crippen LogP contribution < -0.4 is 10.9 Å². The van der Waals surface area contributed by atoms with Crippen LogP contribution in [0.15, 0.2) is 40.7 Å². The maximum atomic E-state index is 13.9. The third-order valence-electron chi connectivity index (χ3n) is 7.91. The summed E-state index contributed by atoms with van der Waals surface area (Å²) in [5.41, 5.74) is 4.09. The number of nitrogens with one attached hydrogen (secondary N) is 1. The molecule has 208 valence electrons. The standard InChI is InChI=1S/C28H32N8O3S/c1-5-40(38,39)22-11-10-20(12-29-22)15(2)33-26-28(37)36(17(4)18-6-7-18)27-21(34-26)13-30-25(35-27)23-16(3)31-14-32-24(23)19-8-9-19/h10-15,17-19H,5-9H2,1-4H3,(H,33,34)/t15?,17-/m0/s1. The summed E-state index contributed by atoms with van der Waals surface area (Å²) in [4.78, 5) is 41.2. The maximum absolute atomic E-state index is 13.9. The van der Waals surface area contributed by atoms with E-state index in [4.69, 9.17) is 4.98 Å². The summed E-state index contributed by atoms with van der Waals surface area (Å²) in [7, 11) is -3.40. The summed E-state index contributed by atoms with van der Waals surface area (Å²) in [6.07, 6.45) is 9.06. The Morgan fingerprint density at radius 1 is 1.02 bits per heavy atom. The van der Waals surface area contributed by atoms with Crippen LogP contribution in [0.5, 0.6) is 0 Å². The molecule has 2 atom stereocenters. The molecule has 0 aliphatic heterocycles. The van der Waals surface area contributed by atoms with Crippen molar-refractivity contribution < 1.29 is 8.42 Å². The molecule has 11 nitrogen and oxygen atoms in total. The smallest absolute Gasteiger partial charge is 0.295 e. The van der Waals surface area contributed by atoms with Gasteiger partial charge in [-0.25, -0.2) is 38.3 Å². The number of nitrogens with zero attached hydrogens (tertiary/aromatic N) is 7. The Hall–Kier alpha value is -3.80. The third kappa shape index (κ3) is 4.85. The largest absolute Gasteiger partial charge is 0.359 e. The second-order valence-corrected chi connectivity index (χ2v) is 13.0. The van der Waals surface area contributed by atoms with Gasteiger partial charge in [-0.2, -0.15) is 0 Å². The van der Waals surface area contributed by atoms with Crippen molar-refractivity contribution in [1.29, 1.82) is 0 Å². The average molecular weight is 561 g/mol. The quantitative estimate of drug-likeness (QED) is 0.317. The molecule has 1 N–H and O–H groups in total. The van der Waals surface area contributed by atoms with Gasteiger partial charge in [-0.3, -0.25) is 9.36 Å². The summed E-state index contributed by atoms with van der Waals surface area (Å²) in [5, 5.41) is 3.26. The van der Waals surface area contributed by atoms with Crippen LogP contribution >= 0.6 is 0 Å². The van der Waals surface area contributed by atoms with Crippen LogP contribution in [0.1, 0.15) is 81.4 Å². The Kier molecular flexibility index (Phi) is 6.60. The zero-order valence-corrected chi connectivity index (χ0v) is 23.8. The van der Waals surface area contributed by atoms with Crippen LogP contribution in [0, 0.1) is 12.8 Å². The molecule has 2 aliphatic rings. The van der Waals surface area contributed by atoms with Crippen LogP contribution in [0.2, 0.25) is 0 Å². The zero-order chi connectivity index (χ0) is 28.2. The predicted molar refractivity (Wildman–Crippen MR) is 151 cm³/mol. The van der Waals surface area contributed by atoms with E-state index in [1.165, 1.54) is 12.3 Å². The Morgan fingerprint density at radius 3 is 2.45 bits per heavy atom. The molecular weight excluding hydrogens is 528 g/mol. The molecule has 40 heavy (non-hydrogen) atoms. The van der Waals surface area contributed by atoms with Crippen molar-refractivity contribution in [2.45, 2.75) is 76.4 Å². The first-order valence-corrected chi connectivity index (χ1v) is 15.4. The van der Waals surface area contributed by atoms with Crippen molar-refractivity contribution in [3.63, 3.8) is 0 Å². The second kappa shape index (κ2) is 9.99. The predicted octanol–water partition coefficient (Wildman–Crippen LogP) is 4.16. The summed E-state index contributed by atoms with van der Waals surface area (Å²) < 4.78 is 26.0. The first-order valence-electron chi connectivity index (χ1n) is 13.7. The number of anilines is 1. The van der Waals surface area contributed by atoms with E-state index in [2.05, 4.69) is 37.2 Å². The van der Waals surface area contributed by atoms with E-state index in [0.29, 0.717) is 28.8 Å². The molecule has 0 amide bonds. The van der Waals surface area contributed by atoms with Crippen molar-refractivity contribution in [3.05, 3.63) is 58.2 Å². The van der Waals surface area contributed by atoms with E-state index in [1.807, 2.05) is 13.8 Å². The average Bonchev–Trinajstić information content (AvgIpc) is 3.87. The van der Waals surface area contributed by atoms with Crippen molar-refractivity contribution in [1.82, 2.24) is 34.5 Å². The van der Waals surface area contributed by atoms with Crippen molar-refractivity contribution in [3.8, 4) is 11.4 Å². The van der Waals surface area contributed by atoms with Crippen LogP contribution in [0.4, 0.5) is 5.82 Å². The molecule has 1 unspecified atom stereocenters. The molecular formula is C28H32N8O3S. The van der Waals surface area contributed by atoms with Gasteiger partial charge >= 0.3 is 0 Å². The highest BCUT2D eigenvalue weighted by molar-refractivity contribution is 7.91. The fourth-order valence-electron chi connectivity index (χ4n) is 5.09. The van der Waals surface area contributed by atoms with E-state index in [-0.39, 0.29) is 34.2 Å². The van der Waals surface area contributed by atoms with Crippen LogP contribution in [-0.4, -0.2) is 48.6 Å². The Bertz CT molecular complexity index is 1760. The monoisotopic (exact) mass is 560 g/mol. The molecule has 4 aromatic heterocycles. The maximum Gasteiger partial charge on any atom is 0.295 e. The van der Waals surface area contributed by atoms with Crippen LogP contribution in [0.3, 0.4) is 0 Å². The molecule has 0 bridgehead atoms. The number of rotatable bonds is 9. The lowest BCUT2D eigenvalue weighted by Gasteiger charge is -2.20. The lowest BCUT2D eigenvalue weighted by atomic mass is 10.1. The van der Waals surface area contributed by atoms with E-state index >= 15 is 0 Å². The van der Waals surface area contributed by atoms with Gasteiger partial charge in [-0.15, -0.1) is 0 Å². The van der Waals surface area contributed by atoms with Gasteiger partial charge in [0.05, 0.1) is 34.9 Å². The van der Waals surface area contributed by atoms with E-state index < -0.39 is 9.84 Å². The molecule has 2 saturated carbocycles. The van der Waals surface area contributed by atoms with Gasteiger partial charge in [0.25, 0.3) is 5.56 Å². The number of pyridine rings is 1. The van der Waals surface area contributed by atoms with E-state index in [1.54, 1.807) is 30.1 Å². The third-order valence-corrected chi connectivity index (χ3v) is 9.55. The summed E-state index contributed by atoms with van der Waals surface area (Å²) >= 11 is 0. The number of fused-ring (bicyclic) bond motifs is 1. The van der Waals surface area contributed by atoms with Gasteiger partial charge in [0.15, 0.2) is 32.2 Å². The number of hydrogen-bond acceptors (Lipinski definition) is 10. The molecule has 6 rings (SSSR count). The minimum atomic E-state index is -3.40. The highest BCUT2D eigenvalue weighted by Gasteiger charge is 2.33. The van der Waals surface area contributed by atoms with Gasteiger partial charge in [-0.05, 0) is 64.0 Å². The molecule has 0 radical (unpaired) electrons. The highest BCUT2D eigenvalue weighted by Crippen LogP contribution is 2.43. The Morgan fingerprint density at radius 2 is 1.80 bits per heavy atom. The Labute approximate surface area is 232 Å². The zero-order valence-electron chi connectivity index (χ0n) is 23.0. The topological polar surface area (TPSA) is 146 Å². The first kappa shape index (κ1) is 26.4. The second-order valence-electron chi connectivity index (χ2n) is 10.8. The molecule has 4 heterocycles. The van der Waals surface area contributed by atoms with E-state index in [9.17, 15) is 13.2 Å². The number of hydrogen-bond donors (Lipinski definition) is 1. The number of aromatic nitrogens is 7. The normalized spacial score (nSPS) is 17.1. The molecule has 4 aromatic rings. The molecule has 2 fully saturated rings. The molecule has 12 heteroatoms. The minimum absolute atomic E-state index is 0.0184. The number of aryl methyl sites for hydroxylation is 1. The highest BCUT2D eigenvalue weighted by atomic mass is 32.2. The van der Waals surface area contributed by atoms with Gasteiger partial charge in [0.1, 0.15) is 11.8 Å². The number of sulfone groups is 1. The molecule has 2 aliphatic carbocycles. The van der Waals surface area contributed by atoms with Crippen molar-refractivity contribution in [2.75, 3.05) is 11.1 Å². The molecule has 0 spiro atoms. The molecule has 0 aromatic carbocycles. The van der Waals surface area contributed by atoms with Gasteiger partial charge in [-0.1, -0.05) is 13.0 Å². The summed E-state index contributed by atoms with van der Waals surface area (Å²) in [5.74, 6) is 1.46. The van der Waals surface area contributed by atoms with Gasteiger partial charge in [0.2, 0.25) is 0 Å². The fourth-order valence-corrected chi connectivity index (χ4v) is 5.87. The summed E-state index contributed by atoms with van der Waals surface area (Å²) in [6.45, 7) is 7.45. The van der Waals surface area contributed by atoms with E-state index in [0.717, 1.165) is 48.2 Å². The lowest BCUT2D eigenvalue weighted by Crippen LogP contribution is -2.30. The van der Waals surface area contributed by atoms with Gasteiger partial charge < -0.3 is 5.32 Å². The molecule has 0 saturated heterocycles. The lowest BCUT2D eigenvalue weighted by molar-refractivity contribution is 0.482. The SMILES string of the molecule is CCS(=O)(=O)c1ccc(C(C)Nc2nc3cnc(-c4c(C)ncnc4C4CC4)nc3n([C@@H](C)C3CC3)c2=O)cn1. The van der Waals surface area contributed by atoms with Gasteiger partial charge in [0, 0.05) is 18.2 Å². The van der Waals surface area contributed by atoms with Crippen LogP contribution in [0.25, 0.3) is 22.6 Å². The Balaban J connectivity index is 1.41. The van der Waals surface area contributed by atoms with Crippen molar-refractivity contribution in [2.24, 2.45) is 5.92 Å². The van der Waals surface area contributed by atoms with Crippen molar-refractivity contribution >= 4 is 26.8 Å². The fraction of sp³-hybridized carbons (Fsp3) is 0.464.